The maximum absolute atomic E-state index is 13.0. The van der Waals surface area contributed by atoms with Crippen molar-refractivity contribution in [2.45, 2.75) is 136 Å². The van der Waals surface area contributed by atoms with E-state index in [1.165, 1.54) is 12.0 Å². The first kappa shape index (κ1) is 30.7. The van der Waals surface area contributed by atoms with Crippen molar-refractivity contribution in [1.29, 1.82) is 0 Å². The number of carboxylic acid groups (broad SMARTS) is 1. The first-order valence-corrected chi connectivity index (χ1v) is 17.3. The highest BCUT2D eigenvalue weighted by Gasteiger charge is 2.73. The van der Waals surface area contributed by atoms with E-state index in [9.17, 15) is 30.3 Å². The van der Waals surface area contributed by atoms with Crippen LogP contribution >= 0.6 is 0 Å². The van der Waals surface area contributed by atoms with Crippen LogP contribution < -0.4 is 0 Å². The Morgan fingerprint density at radius 3 is 2.23 bits per heavy atom. The van der Waals surface area contributed by atoms with Gasteiger partial charge in [-0.2, -0.15) is 0 Å². The van der Waals surface area contributed by atoms with Gasteiger partial charge in [-0.3, -0.25) is 4.79 Å². The number of aliphatic hydroxyl groups excluding tert-OH is 4. The number of carboxylic acids is 1. The van der Waals surface area contributed by atoms with Crippen molar-refractivity contribution < 1.29 is 35.1 Å². The average Bonchev–Trinajstić information content (AvgIpc) is 3.64. The molecule has 15 atom stereocenters. The summed E-state index contributed by atoms with van der Waals surface area (Å²) in [6.45, 7) is 14.2. The summed E-state index contributed by atoms with van der Waals surface area (Å²) in [4.78, 5) is 13.0. The Balaban J connectivity index is 1.22. The molecule has 1 saturated heterocycles. The first-order valence-electron chi connectivity index (χ1n) is 17.3. The Hall–Kier alpha value is -0.990. The summed E-state index contributed by atoms with van der Waals surface area (Å²) in [5.41, 5.74) is 1.18. The Bertz CT molecular complexity index is 1210. The number of ether oxygens (including phenoxy) is 1. The summed E-state index contributed by atoms with van der Waals surface area (Å²) in [6, 6.07) is 0. The lowest BCUT2D eigenvalue weighted by molar-refractivity contribution is -0.269. The van der Waals surface area contributed by atoms with Crippen molar-refractivity contribution in [1.82, 2.24) is 0 Å². The monoisotopic (exact) mass is 600 g/mol. The molecule has 0 aromatic carbocycles. The van der Waals surface area contributed by atoms with Gasteiger partial charge in [-0.05, 0) is 121 Å². The number of aliphatic hydroxyl groups is 4. The Labute approximate surface area is 257 Å². The number of rotatable bonds is 3. The van der Waals surface area contributed by atoms with Gasteiger partial charge in [0.2, 0.25) is 0 Å². The van der Waals surface area contributed by atoms with E-state index in [4.69, 9.17) is 4.74 Å². The van der Waals surface area contributed by atoms with Crippen molar-refractivity contribution in [2.75, 3.05) is 6.61 Å². The molecule has 5 N–H and O–H groups in total. The van der Waals surface area contributed by atoms with Gasteiger partial charge >= 0.3 is 5.97 Å². The van der Waals surface area contributed by atoms with E-state index in [0.29, 0.717) is 23.2 Å². The quantitative estimate of drug-likeness (QED) is 0.290. The van der Waals surface area contributed by atoms with Crippen LogP contribution in [0.5, 0.6) is 0 Å². The number of hydrogen-bond donors (Lipinski definition) is 5. The largest absolute Gasteiger partial charge is 0.481 e. The zero-order chi connectivity index (χ0) is 31.1. The molecule has 6 fully saturated rings. The molecule has 0 bridgehead atoms. The molecule has 7 unspecified atom stereocenters. The van der Waals surface area contributed by atoms with Crippen LogP contribution in [0.2, 0.25) is 0 Å². The predicted octanol–water partition coefficient (Wildman–Crippen LogP) is 4.94. The minimum absolute atomic E-state index is 0.00733. The van der Waals surface area contributed by atoms with Crippen LogP contribution in [0.3, 0.4) is 0 Å². The van der Waals surface area contributed by atoms with E-state index < -0.39 is 48.5 Å². The highest BCUT2D eigenvalue weighted by molar-refractivity contribution is 5.77. The Morgan fingerprint density at radius 2 is 1.56 bits per heavy atom. The normalized spacial score (nSPS) is 58.5. The maximum atomic E-state index is 13.0. The van der Waals surface area contributed by atoms with E-state index in [1.54, 1.807) is 0 Å². The van der Waals surface area contributed by atoms with E-state index in [2.05, 4.69) is 47.6 Å². The van der Waals surface area contributed by atoms with E-state index >= 15 is 0 Å². The molecule has 43 heavy (non-hydrogen) atoms. The zero-order valence-corrected chi connectivity index (χ0v) is 27.2. The number of hydrogen-bond acceptors (Lipinski definition) is 6. The minimum atomic E-state index is -1.34. The molecule has 0 radical (unpaired) electrons. The lowest BCUT2D eigenvalue weighted by Gasteiger charge is -2.71. The van der Waals surface area contributed by atoms with Crippen LogP contribution in [0, 0.1) is 62.1 Å². The van der Waals surface area contributed by atoms with E-state index in [-0.39, 0.29) is 33.5 Å². The fourth-order valence-electron chi connectivity index (χ4n) is 13.4. The molecule has 7 rings (SSSR count). The molecule has 0 aromatic heterocycles. The van der Waals surface area contributed by atoms with Crippen LogP contribution in [0.1, 0.15) is 106 Å². The van der Waals surface area contributed by atoms with Gasteiger partial charge in [0, 0.05) is 0 Å². The molecular weight excluding hydrogens is 544 g/mol. The number of allylic oxidation sites excluding steroid dienone is 2. The molecule has 6 aliphatic carbocycles. The highest BCUT2D eigenvalue weighted by Crippen LogP contribution is 2.79. The van der Waals surface area contributed by atoms with Gasteiger partial charge < -0.3 is 30.3 Å². The third-order valence-corrected chi connectivity index (χ3v) is 16.4. The average molecular weight is 601 g/mol. The lowest BCUT2D eigenvalue weighted by Crippen LogP contribution is -2.67. The van der Waals surface area contributed by atoms with Crippen LogP contribution in [-0.2, 0) is 9.53 Å². The van der Waals surface area contributed by atoms with Gasteiger partial charge in [-0.25, -0.2) is 0 Å². The summed E-state index contributed by atoms with van der Waals surface area (Å²) in [6.07, 6.45) is 6.99. The summed E-state index contributed by atoms with van der Waals surface area (Å²) in [7, 11) is 0. The van der Waals surface area contributed by atoms with Crippen LogP contribution in [0.4, 0.5) is 0 Å². The Morgan fingerprint density at radius 1 is 0.860 bits per heavy atom. The molecule has 242 valence electrons. The maximum Gasteiger partial charge on any atom is 0.310 e. The number of aliphatic carboxylic acids is 1. The van der Waals surface area contributed by atoms with E-state index in [1.807, 2.05) is 0 Å². The SMILES string of the molecule is CC1(C)C2CC[C@]3(C)C(CC=C4C5C6C[C@@]6(C)CC[C@]5(C(=O)O)CC[C@]43C)[C@@]2(C)CC[C@H]1[C@@H]1OC(CO)[C@H](O)C(O)C1O. The first-order chi connectivity index (χ1) is 20.0. The van der Waals surface area contributed by atoms with Crippen molar-refractivity contribution in [2.24, 2.45) is 62.1 Å². The number of fused-ring (bicyclic) bond motifs is 9. The van der Waals surface area contributed by atoms with E-state index in [0.717, 1.165) is 57.8 Å². The number of carbonyl (C=O) groups is 1. The minimum Gasteiger partial charge on any atom is -0.481 e. The molecule has 7 heteroatoms. The lowest BCUT2D eigenvalue weighted by atomic mass is 9.33. The molecule has 0 aromatic rings. The van der Waals surface area contributed by atoms with Crippen molar-refractivity contribution in [3.8, 4) is 0 Å². The van der Waals surface area contributed by atoms with Gasteiger partial charge in [0.1, 0.15) is 24.4 Å². The summed E-state index contributed by atoms with van der Waals surface area (Å²) in [5.74, 6) is 0.977. The van der Waals surface area contributed by atoms with Gasteiger partial charge in [-0.15, -0.1) is 0 Å². The van der Waals surface area contributed by atoms with Crippen molar-refractivity contribution in [3.63, 3.8) is 0 Å². The molecule has 5 saturated carbocycles. The fraction of sp³-hybridized carbons (Fsp3) is 0.917. The summed E-state index contributed by atoms with van der Waals surface area (Å²) >= 11 is 0. The fourth-order valence-corrected chi connectivity index (χ4v) is 13.4. The van der Waals surface area contributed by atoms with Crippen LogP contribution in [0.15, 0.2) is 11.6 Å². The van der Waals surface area contributed by atoms with Crippen LogP contribution in [-0.4, -0.2) is 68.6 Å². The second-order valence-corrected chi connectivity index (χ2v) is 18.0. The third kappa shape index (κ3) is 3.69. The molecule has 1 heterocycles. The summed E-state index contributed by atoms with van der Waals surface area (Å²) < 4.78 is 6.17. The van der Waals surface area contributed by atoms with Gasteiger partial charge in [0.25, 0.3) is 0 Å². The topological polar surface area (TPSA) is 127 Å². The molecular formula is C36H56O7. The molecule has 0 amide bonds. The van der Waals surface area contributed by atoms with Crippen molar-refractivity contribution in [3.05, 3.63) is 11.6 Å². The molecule has 7 aliphatic rings. The molecule has 7 nitrogen and oxygen atoms in total. The standard InChI is InChI=1S/C36H56O7/c1-31(2)20(29-28(40)27(39)26(38)22(18-37)43-29)9-11-33(4)23(31)10-12-35(6)24(33)8-7-19-25-21-17-32(21,3)13-15-36(25,30(41)42)16-14-34(19,35)5/h7,20-29,37-40H,8-18H2,1-6H3,(H,41,42)/t20-,21?,22?,23?,24?,25?,26-,27?,28?,29-,32+,33-,34+,35+,36-/m0/s1. The van der Waals surface area contributed by atoms with Gasteiger partial charge in [0.05, 0.1) is 18.1 Å². The van der Waals surface area contributed by atoms with Crippen LogP contribution in [0.25, 0.3) is 0 Å². The molecule has 0 spiro atoms. The smallest absolute Gasteiger partial charge is 0.310 e. The predicted molar refractivity (Wildman–Crippen MR) is 162 cm³/mol. The zero-order valence-electron chi connectivity index (χ0n) is 27.2. The van der Waals surface area contributed by atoms with Gasteiger partial charge in [0.15, 0.2) is 0 Å². The second-order valence-electron chi connectivity index (χ2n) is 18.0. The van der Waals surface area contributed by atoms with Crippen molar-refractivity contribution >= 4 is 5.97 Å². The Kier molecular flexibility index (Phi) is 6.63. The second kappa shape index (κ2) is 9.30. The summed E-state index contributed by atoms with van der Waals surface area (Å²) in [5, 5.41) is 52.7. The highest BCUT2D eigenvalue weighted by atomic mass is 16.5. The third-order valence-electron chi connectivity index (χ3n) is 16.4. The molecule has 1 aliphatic heterocycles. The van der Waals surface area contributed by atoms with Gasteiger partial charge in [-0.1, -0.05) is 53.2 Å².